The number of aryl methyl sites for hydroxylation is 1. The lowest BCUT2D eigenvalue weighted by Crippen LogP contribution is -2.21. The van der Waals surface area contributed by atoms with Gasteiger partial charge in [-0.15, -0.1) is 0 Å². The first-order valence-electron chi connectivity index (χ1n) is 6.33. The number of rotatable bonds is 3. The summed E-state index contributed by atoms with van der Waals surface area (Å²) >= 11 is 5.92. The molecule has 2 rings (SSSR count). The molecule has 0 heterocycles. The average molecular weight is 275 g/mol. The normalized spacial score (nSPS) is 12.2. The van der Waals surface area contributed by atoms with E-state index in [4.69, 9.17) is 17.3 Å². The Balaban J connectivity index is 2.27. The molecule has 0 fully saturated rings. The minimum atomic E-state index is 0.262. The molecule has 0 radical (unpaired) electrons. The molecule has 0 amide bonds. The fourth-order valence-corrected chi connectivity index (χ4v) is 2.31. The lowest BCUT2D eigenvalue weighted by molar-refractivity contribution is 0.740. The average Bonchev–Trinajstić information content (AvgIpc) is 2.37. The van der Waals surface area contributed by atoms with E-state index in [0.717, 1.165) is 16.4 Å². The molecule has 0 bridgehead atoms. The van der Waals surface area contributed by atoms with Crippen molar-refractivity contribution < 1.29 is 0 Å². The van der Waals surface area contributed by atoms with Gasteiger partial charge in [-0.05, 0) is 55.3 Å². The molecule has 2 aromatic carbocycles. The molecule has 0 aliphatic rings. The molecular weight excluding hydrogens is 256 g/mol. The maximum atomic E-state index is 5.92. The van der Waals surface area contributed by atoms with Gasteiger partial charge in [0.2, 0.25) is 0 Å². The third-order valence-corrected chi connectivity index (χ3v) is 3.68. The van der Waals surface area contributed by atoms with Crippen molar-refractivity contribution in [2.45, 2.75) is 19.9 Å². The van der Waals surface area contributed by atoms with E-state index in [0.29, 0.717) is 0 Å². The van der Waals surface area contributed by atoms with Crippen LogP contribution in [0.4, 0.5) is 11.4 Å². The monoisotopic (exact) mass is 274 g/mol. The highest BCUT2D eigenvalue weighted by Crippen LogP contribution is 2.28. The molecule has 0 saturated carbocycles. The van der Waals surface area contributed by atoms with Gasteiger partial charge in [0.15, 0.2) is 0 Å². The first kappa shape index (κ1) is 13.8. The molecule has 0 aliphatic heterocycles. The summed E-state index contributed by atoms with van der Waals surface area (Å²) < 4.78 is 0. The van der Waals surface area contributed by atoms with E-state index >= 15 is 0 Å². The zero-order valence-electron chi connectivity index (χ0n) is 11.5. The quantitative estimate of drug-likeness (QED) is 0.839. The topological polar surface area (TPSA) is 29.3 Å². The van der Waals surface area contributed by atoms with E-state index in [-0.39, 0.29) is 6.04 Å². The second-order valence-electron chi connectivity index (χ2n) is 4.94. The summed E-state index contributed by atoms with van der Waals surface area (Å²) in [6.07, 6.45) is 0. The molecule has 1 atom stereocenters. The maximum absolute atomic E-state index is 5.92. The first-order valence-corrected chi connectivity index (χ1v) is 6.70. The third kappa shape index (κ3) is 3.21. The van der Waals surface area contributed by atoms with Crippen molar-refractivity contribution in [2.75, 3.05) is 17.7 Å². The number of nitrogens with two attached hydrogens (primary N) is 1. The predicted molar refractivity (Wildman–Crippen MR) is 83.9 cm³/mol. The molecule has 2 aromatic rings. The second kappa shape index (κ2) is 5.54. The smallest absolute Gasteiger partial charge is 0.0511 e. The molecule has 100 valence electrons. The Bertz CT molecular complexity index is 543. The fraction of sp³-hybridized carbons (Fsp3) is 0.250. The van der Waals surface area contributed by atoms with Crippen LogP contribution in [0.2, 0.25) is 5.02 Å². The van der Waals surface area contributed by atoms with Crippen molar-refractivity contribution in [3.8, 4) is 0 Å². The van der Waals surface area contributed by atoms with E-state index in [1.54, 1.807) is 0 Å². The van der Waals surface area contributed by atoms with Crippen LogP contribution in [0.1, 0.15) is 24.1 Å². The molecule has 2 N–H and O–H groups in total. The van der Waals surface area contributed by atoms with Gasteiger partial charge < -0.3 is 10.6 Å². The summed E-state index contributed by atoms with van der Waals surface area (Å²) in [6, 6.07) is 14.3. The van der Waals surface area contributed by atoms with Crippen LogP contribution in [-0.4, -0.2) is 7.05 Å². The van der Waals surface area contributed by atoms with Crippen molar-refractivity contribution in [2.24, 2.45) is 0 Å². The molecule has 3 heteroatoms. The number of nitrogen functional groups attached to an aromatic ring is 1. The van der Waals surface area contributed by atoms with Gasteiger partial charge in [0.25, 0.3) is 0 Å². The Morgan fingerprint density at radius 1 is 1.11 bits per heavy atom. The highest BCUT2D eigenvalue weighted by molar-refractivity contribution is 6.30. The molecule has 0 saturated heterocycles. The van der Waals surface area contributed by atoms with Crippen LogP contribution in [0.5, 0.6) is 0 Å². The van der Waals surface area contributed by atoms with Gasteiger partial charge in [-0.2, -0.15) is 0 Å². The van der Waals surface area contributed by atoms with Crippen LogP contribution in [0.15, 0.2) is 42.5 Å². The van der Waals surface area contributed by atoms with E-state index < -0.39 is 0 Å². The van der Waals surface area contributed by atoms with Crippen LogP contribution in [0, 0.1) is 6.92 Å². The Morgan fingerprint density at radius 3 is 2.32 bits per heavy atom. The third-order valence-electron chi connectivity index (χ3n) is 3.43. The Morgan fingerprint density at radius 2 is 1.74 bits per heavy atom. The van der Waals surface area contributed by atoms with Crippen molar-refractivity contribution >= 4 is 23.0 Å². The van der Waals surface area contributed by atoms with E-state index in [1.807, 2.05) is 24.3 Å². The SMILES string of the molecule is Cc1cc(N)cc(N(C)C(C)c2ccc(Cl)cc2)c1. The second-order valence-corrected chi connectivity index (χ2v) is 5.38. The summed E-state index contributed by atoms with van der Waals surface area (Å²) in [5.74, 6) is 0. The number of hydrogen-bond donors (Lipinski definition) is 1. The number of halogens is 1. The Labute approximate surface area is 119 Å². The standard InChI is InChI=1S/C16H19ClN2/c1-11-8-15(18)10-16(9-11)19(3)12(2)13-4-6-14(17)7-5-13/h4-10,12H,18H2,1-3H3. The summed E-state index contributed by atoms with van der Waals surface area (Å²) in [5, 5.41) is 0.762. The minimum Gasteiger partial charge on any atom is -0.399 e. The maximum Gasteiger partial charge on any atom is 0.0511 e. The van der Waals surface area contributed by atoms with Crippen molar-refractivity contribution in [1.82, 2.24) is 0 Å². The van der Waals surface area contributed by atoms with Gasteiger partial charge in [0, 0.05) is 23.4 Å². The molecule has 0 aliphatic carbocycles. The summed E-state index contributed by atoms with van der Waals surface area (Å²) in [5.41, 5.74) is 10.2. The van der Waals surface area contributed by atoms with Crippen LogP contribution in [-0.2, 0) is 0 Å². The van der Waals surface area contributed by atoms with Crippen LogP contribution < -0.4 is 10.6 Å². The molecule has 0 aromatic heterocycles. The van der Waals surface area contributed by atoms with Gasteiger partial charge in [-0.25, -0.2) is 0 Å². The summed E-state index contributed by atoms with van der Waals surface area (Å²) in [6.45, 7) is 4.22. The van der Waals surface area contributed by atoms with E-state index in [9.17, 15) is 0 Å². The highest BCUT2D eigenvalue weighted by atomic mass is 35.5. The van der Waals surface area contributed by atoms with E-state index in [2.05, 4.69) is 44.0 Å². The highest BCUT2D eigenvalue weighted by Gasteiger charge is 2.12. The lowest BCUT2D eigenvalue weighted by Gasteiger charge is -2.28. The van der Waals surface area contributed by atoms with Gasteiger partial charge in [0.1, 0.15) is 0 Å². The number of benzene rings is 2. The summed E-state index contributed by atoms with van der Waals surface area (Å²) in [7, 11) is 2.08. The lowest BCUT2D eigenvalue weighted by atomic mass is 10.1. The molecule has 19 heavy (non-hydrogen) atoms. The van der Waals surface area contributed by atoms with Gasteiger partial charge in [-0.1, -0.05) is 23.7 Å². The van der Waals surface area contributed by atoms with E-state index in [1.165, 1.54) is 11.1 Å². The van der Waals surface area contributed by atoms with Gasteiger partial charge in [0.05, 0.1) is 6.04 Å². The summed E-state index contributed by atoms with van der Waals surface area (Å²) in [4.78, 5) is 2.21. The first-order chi connectivity index (χ1) is 8.97. The predicted octanol–water partition coefficient (Wildman–Crippen LogP) is 4.43. The van der Waals surface area contributed by atoms with Crippen LogP contribution in [0.3, 0.4) is 0 Å². The number of anilines is 2. The van der Waals surface area contributed by atoms with Crippen LogP contribution >= 0.6 is 11.6 Å². The molecular formula is C16H19ClN2. The zero-order valence-corrected chi connectivity index (χ0v) is 12.3. The Hall–Kier alpha value is -1.67. The van der Waals surface area contributed by atoms with Crippen molar-refractivity contribution in [3.63, 3.8) is 0 Å². The molecule has 0 spiro atoms. The Kier molecular flexibility index (Phi) is 4.01. The van der Waals surface area contributed by atoms with Gasteiger partial charge in [-0.3, -0.25) is 0 Å². The number of hydrogen-bond acceptors (Lipinski definition) is 2. The molecule has 2 nitrogen and oxygen atoms in total. The number of nitrogens with zero attached hydrogens (tertiary/aromatic N) is 1. The van der Waals surface area contributed by atoms with Crippen LogP contribution in [0.25, 0.3) is 0 Å². The minimum absolute atomic E-state index is 0.262. The van der Waals surface area contributed by atoms with Gasteiger partial charge >= 0.3 is 0 Å². The zero-order chi connectivity index (χ0) is 14.0. The van der Waals surface area contributed by atoms with Crippen molar-refractivity contribution in [3.05, 3.63) is 58.6 Å². The largest absolute Gasteiger partial charge is 0.399 e. The van der Waals surface area contributed by atoms with Crippen molar-refractivity contribution in [1.29, 1.82) is 0 Å². The molecule has 1 unspecified atom stereocenters. The fourth-order valence-electron chi connectivity index (χ4n) is 2.18.